The van der Waals surface area contributed by atoms with E-state index in [1.54, 1.807) is 6.92 Å². The van der Waals surface area contributed by atoms with E-state index in [-0.39, 0.29) is 5.78 Å². The van der Waals surface area contributed by atoms with Gasteiger partial charge in [-0.1, -0.05) is 70.9 Å². The molecule has 0 saturated carbocycles. The maximum absolute atomic E-state index is 11.4. The molecule has 0 aliphatic rings. The molecule has 30 heavy (non-hydrogen) atoms. The smallest absolute Gasteiger partial charge is 0.200 e. The van der Waals surface area contributed by atoms with E-state index < -0.39 is 8.32 Å². The Kier molecular flexibility index (Phi) is 14.5. The highest BCUT2D eigenvalue weighted by Crippen LogP contribution is 2.42. The summed E-state index contributed by atoms with van der Waals surface area (Å²) in [5, 5.41) is 0. The van der Waals surface area contributed by atoms with E-state index in [4.69, 9.17) is 4.43 Å². The largest absolute Gasteiger partial charge is 0.412 e. The summed E-state index contributed by atoms with van der Waals surface area (Å²) in [6.07, 6.45) is 12.8. The lowest BCUT2D eigenvalue weighted by Crippen LogP contribution is -2.48. The van der Waals surface area contributed by atoms with Gasteiger partial charge >= 0.3 is 0 Å². The second-order valence-corrected chi connectivity index (χ2v) is 15.6. The molecule has 0 aliphatic carbocycles. The third kappa shape index (κ3) is 10.9. The normalized spacial score (nSPS) is 13.5. The minimum Gasteiger partial charge on any atom is -0.412 e. The zero-order chi connectivity index (χ0) is 23.3. The van der Waals surface area contributed by atoms with Gasteiger partial charge in [-0.2, -0.15) is 0 Å². The average molecular weight is 435 g/mol. The van der Waals surface area contributed by atoms with Crippen molar-refractivity contribution in [3.8, 4) is 0 Å². The van der Waals surface area contributed by atoms with E-state index in [0.29, 0.717) is 23.0 Å². The lowest BCUT2D eigenvalue weighted by atomic mass is 10.0. The molecule has 0 unspecified atom stereocenters. The Morgan fingerprint density at radius 2 is 1.23 bits per heavy atom. The second kappa shape index (κ2) is 15.0. The zero-order valence-electron chi connectivity index (χ0n) is 21.7. The summed E-state index contributed by atoms with van der Waals surface area (Å²) >= 11 is 0. The first-order valence-electron chi connectivity index (χ1n) is 12.0. The Hall–Kier alpha value is -0.933. The van der Waals surface area contributed by atoms with Crippen molar-refractivity contribution in [1.82, 2.24) is 0 Å². The topological polar surface area (TPSA) is 26.3 Å². The van der Waals surface area contributed by atoms with Gasteiger partial charge in [0, 0.05) is 6.42 Å². The van der Waals surface area contributed by atoms with Gasteiger partial charge in [-0.05, 0) is 82.0 Å². The van der Waals surface area contributed by atoms with Crippen LogP contribution in [-0.2, 0) is 9.22 Å². The van der Waals surface area contributed by atoms with Gasteiger partial charge in [0.1, 0.15) is 5.78 Å². The van der Waals surface area contributed by atoms with Crippen LogP contribution >= 0.6 is 0 Å². The molecule has 0 spiro atoms. The van der Waals surface area contributed by atoms with Crippen molar-refractivity contribution < 1.29 is 9.22 Å². The van der Waals surface area contributed by atoms with Crippen LogP contribution in [0.4, 0.5) is 0 Å². The van der Waals surface area contributed by atoms with Crippen molar-refractivity contribution >= 4 is 14.1 Å². The van der Waals surface area contributed by atoms with Crippen LogP contribution in [0.25, 0.3) is 0 Å². The number of hydrogen-bond acceptors (Lipinski definition) is 2. The lowest BCUT2D eigenvalue weighted by Gasteiger charge is -2.42. The highest BCUT2D eigenvalue weighted by Gasteiger charge is 2.44. The van der Waals surface area contributed by atoms with Gasteiger partial charge in [0.05, 0.1) is 6.61 Å². The van der Waals surface area contributed by atoms with Crippen molar-refractivity contribution in [1.29, 1.82) is 0 Å². The van der Waals surface area contributed by atoms with E-state index >= 15 is 0 Å². The Bertz CT molecular complexity index is 568. The van der Waals surface area contributed by atoms with Crippen molar-refractivity contribution in [2.45, 2.75) is 124 Å². The van der Waals surface area contributed by atoms with Gasteiger partial charge in [0.25, 0.3) is 0 Å². The molecule has 0 fully saturated rings. The van der Waals surface area contributed by atoms with Crippen molar-refractivity contribution in [2.75, 3.05) is 6.61 Å². The number of ketones is 1. The number of Topliss-reactive ketones (excluding diaryl/α,β-unsaturated/α-hetero) is 1. The molecule has 0 radical (unpaired) electrons. The SMILES string of the molecule is CC(=O)CCC=C(CCC=C(C)CCC=C(C)C)CO[Si](C(C)C)(C(C)C)C(C)C. The van der Waals surface area contributed by atoms with E-state index in [0.717, 1.165) is 38.7 Å². The Balaban J connectivity index is 5.17. The Morgan fingerprint density at radius 3 is 1.70 bits per heavy atom. The van der Waals surface area contributed by atoms with Gasteiger partial charge in [0.2, 0.25) is 8.32 Å². The molecule has 0 rings (SSSR count). The molecule has 3 heteroatoms. The molecule has 0 aliphatic heterocycles. The van der Waals surface area contributed by atoms with E-state index in [9.17, 15) is 4.79 Å². The maximum atomic E-state index is 11.4. The molecule has 0 aromatic heterocycles. The van der Waals surface area contributed by atoms with Crippen LogP contribution in [0.1, 0.15) is 108 Å². The van der Waals surface area contributed by atoms with Crippen LogP contribution in [0.15, 0.2) is 34.9 Å². The molecule has 0 atom stereocenters. The molecular weight excluding hydrogens is 384 g/mol. The number of hydrogen-bond donors (Lipinski definition) is 0. The predicted octanol–water partition coefficient (Wildman–Crippen LogP) is 8.95. The van der Waals surface area contributed by atoms with E-state index in [1.165, 1.54) is 16.7 Å². The molecule has 0 N–H and O–H groups in total. The summed E-state index contributed by atoms with van der Waals surface area (Å²) in [4.78, 5) is 11.4. The Labute approximate surface area is 189 Å². The quantitative estimate of drug-likeness (QED) is 0.190. The molecule has 0 saturated heterocycles. The third-order valence-electron chi connectivity index (χ3n) is 6.19. The fraction of sp³-hybridized carbons (Fsp3) is 0.741. The molecule has 2 nitrogen and oxygen atoms in total. The van der Waals surface area contributed by atoms with Gasteiger partial charge in [-0.3, -0.25) is 0 Å². The first-order chi connectivity index (χ1) is 13.9. The van der Waals surface area contributed by atoms with Gasteiger partial charge < -0.3 is 9.22 Å². The first kappa shape index (κ1) is 29.1. The highest BCUT2D eigenvalue weighted by atomic mass is 28.4. The molecule has 0 aromatic carbocycles. The zero-order valence-corrected chi connectivity index (χ0v) is 22.7. The minimum atomic E-state index is -1.87. The lowest BCUT2D eigenvalue weighted by molar-refractivity contribution is -0.116. The van der Waals surface area contributed by atoms with E-state index in [1.807, 2.05) is 0 Å². The van der Waals surface area contributed by atoms with Crippen LogP contribution in [0.3, 0.4) is 0 Å². The van der Waals surface area contributed by atoms with Crippen LogP contribution < -0.4 is 0 Å². The summed E-state index contributed by atoms with van der Waals surface area (Å²) in [5.74, 6) is 0.261. The molecule has 174 valence electrons. The maximum Gasteiger partial charge on any atom is 0.200 e. The fourth-order valence-corrected chi connectivity index (χ4v) is 10.1. The minimum absolute atomic E-state index is 0.261. The molecule has 0 bridgehead atoms. The second-order valence-electron chi connectivity index (χ2n) is 10.1. The first-order valence-corrected chi connectivity index (χ1v) is 14.2. The van der Waals surface area contributed by atoms with E-state index in [2.05, 4.69) is 80.5 Å². The Morgan fingerprint density at radius 1 is 0.733 bits per heavy atom. The molecule has 0 heterocycles. The summed E-state index contributed by atoms with van der Waals surface area (Å²) in [7, 11) is -1.87. The monoisotopic (exact) mass is 434 g/mol. The molecule has 0 aromatic rings. The van der Waals surface area contributed by atoms with Crippen LogP contribution in [-0.4, -0.2) is 20.7 Å². The average Bonchev–Trinajstić information content (AvgIpc) is 2.60. The standard InChI is InChI=1S/C27H50O2Si/c1-21(2)14-11-15-25(9)16-12-18-27(19-13-17-26(10)28)20-29-30(22(3)4,23(5)6)24(7)8/h14,16,19,22-24H,11-13,15,17-18,20H2,1-10H3. The summed E-state index contributed by atoms with van der Waals surface area (Å²) in [5.41, 5.74) is 5.99. The summed E-state index contributed by atoms with van der Waals surface area (Å²) in [6, 6.07) is 0. The number of allylic oxidation sites excluding steroid dienone is 5. The van der Waals surface area contributed by atoms with Gasteiger partial charge in [0.15, 0.2) is 0 Å². The van der Waals surface area contributed by atoms with Crippen molar-refractivity contribution in [2.24, 2.45) is 0 Å². The van der Waals surface area contributed by atoms with Crippen molar-refractivity contribution in [3.05, 3.63) is 34.9 Å². The molecule has 0 amide bonds. The number of rotatable bonds is 15. The number of carbonyl (C=O) groups is 1. The predicted molar refractivity (Wildman–Crippen MR) is 137 cm³/mol. The van der Waals surface area contributed by atoms with Crippen LogP contribution in [0.2, 0.25) is 16.6 Å². The van der Waals surface area contributed by atoms with Gasteiger partial charge in [-0.15, -0.1) is 0 Å². The van der Waals surface area contributed by atoms with Crippen LogP contribution in [0.5, 0.6) is 0 Å². The highest BCUT2D eigenvalue weighted by molar-refractivity contribution is 6.77. The van der Waals surface area contributed by atoms with Gasteiger partial charge in [-0.25, -0.2) is 0 Å². The van der Waals surface area contributed by atoms with Crippen molar-refractivity contribution in [3.63, 3.8) is 0 Å². The molecular formula is C27H50O2Si. The third-order valence-corrected chi connectivity index (χ3v) is 12.3. The number of carbonyl (C=O) groups excluding carboxylic acids is 1. The summed E-state index contributed by atoms with van der Waals surface area (Å²) < 4.78 is 6.84. The van der Waals surface area contributed by atoms with Crippen LogP contribution in [0, 0.1) is 0 Å². The summed E-state index contributed by atoms with van der Waals surface area (Å²) in [6.45, 7) is 23.0. The fourth-order valence-electron chi connectivity index (χ4n) is 4.62.